The largest absolute Gasteiger partial charge is 0.390 e. The van der Waals surface area contributed by atoms with Gasteiger partial charge in [-0.15, -0.1) is 6.58 Å². The summed E-state index contributed by atoms with van der Waals surface area (Å²) in [5, 5.41) is 16.7. The van der Waals surface area contributed by atoms with Gasteiger partial charge in [0.15, 0.2) is 0 Å². The van der Waals surface area contributed by atoms with Crippen LogP contribution in [-0.2, 0) is 10.2 Å². The van der Waals surface area contributed by atoms with Crippen molar-refractivity contribution in [2.24, 2.45) is 11.8 Å². The third kappa shape index (κ3) is 3.76. The fraction of sp³-hybridized carbons (Fsp3) is 0.289. The topological polar surface area (TPSA) is 42.4 Å². The first-order valence-electron chi connectivity index (χ1n) is 14.7. The van der Waals surface area contributed by atoms with Crippen LogP contribution in [0, 0.1) is 11.8 Å². The first kappa shape index (κ1) is 26.1. The van der Waals surface area contributed by atoms with E-state index in [1.54, 1.807) is 7.11 Å². The molecule has 0 spiro atoms. The number of methoxy groups -OCH3 is 1. The smallest absolute Gasteiger partial charge is 0.0816 e. The van der Waals surface area contributed by atoms with E-state index in [9.17, 15) is 5.11 Å². The number of benzene rings is 3. The third-order valence-corrected chi connectivity index (χ3v) is 10.1. The highest BCUT2D eigenvalue weighted by molar-refractivity contribution is 6.05. The lowest BCUT2D eigenvalue weighted by Crippen LogP contribution is -2.39. The van der Waals surface area contributed by atoms with E-state index in [1.165, 1.54) is 65.7 Å². The normalized spacial score (nSPS) is 22.9. The van der Waals surface area contributed by atoms with Crippen molar-refractivity contribution in [2.45, 2.75) is 44.6 Å². The molecule has 41 heavy (non-hydrogen) atoms. The molecule has 7 rings (SSSR count). The second-order valence-corrected chi connectivity index (χ2v) is 12.5. The van der Waals surface area contributed by atoms with Gasteiger partial charge in [-0.1, -0.05) is 93.1 Å². The van der Waals surface area contributed by atoms with E-state index in [4.69, 9.17) is 9.72 Å². The van der Waals surface area contributed by atoms with Gasteiger partial charge in [0.25, 0.3) is 0 Å². The van der Waals surface area contributed by atoms with Gasteiger partial charge in [-0.05, 0) is 73.2 Å². The number of hydrogen-bond acceptors (Lipinski definition) is 3. The van der Waals surface area contributed by atoms with Crippen LogP contribution in [0.4, 0.5) is 0 Å². The maximum absolute atomic E-state index is 11.7. The van der Waals surface area contributed by atoms with Gasteiger partial charge >= 0.3 is 0 Å². The fourth-order valence-corrected chi connectivity index (χ4v) is 8.07. The minimum atomic E-state index is -0.636. The Labute approximate surface area is 242 Å². The summed E-state index contributed by atoms with van der Waals surface area (Å²) in [5.74, 6) is -0.0335. The van der Waals surface area contributed by atoms with E-state index in [2.05, 4.69) is 106 Å². The van der Waals surface area contributed by atoms with Gasteiger partial charge in [0.05, 0.1) is 12.7 Å². The van der Waals surface area contributed by atoms with E-state index >= 15 is 0 Å². The van der Waals surface area contributed by atoms with Crippen molar-refractivity contribution in [3.05, 3.63) is 118 Å². The van der Waals surface area contributed by atoms with Crippen molar-refractivity contribution >= 4 is 28.0 Å². The number of ether oxygens (including phenoxy) is 1. The summed E-state index contributed by atoms with van der Waals surface area (Å²) in [4.78, 5) is 4.71. The molecule has 4 aromatic rings. The minimum absolute atomic E-state index is 0.0396. The average Bonchev–Trinajstić information content (AvgIpc) is 3.16. The quantitative estimate of drug-likeness (QED) is 0.294. The molecule has 3 aliphatic carbocycles. The standard InChI is InChI=1S/C38H37NO2/c1-6-25-28-16-15-24-19-39-20-33-36(24)37(28)31-17-29(22(2)35(25)34(40)21-41-5)27-14-10-13-26(23-11-8-7-9-12-23)30(27)18-32(31)38(33,3)4/h6-16,18-20,22,25,34-35,40H,1,17,21H2,2-5H3. The van der Waals surface area contributed by atoms with Gasteiger partial charge in [0, 0.05) is 42.1 Å². The Morgan fingerprint density at radius 3 is 2.63 bits per heavy atom. The summed E-state index contributed by atoms with van der Waals surface area (Å²) < 4.78 is 5.54. The van der Waals surface area contributed by atoms with Gasteiger partial charge < -0.3 is 9.84 Å². The van der Waals surface area contributed by atoms with Gasteiger partial charge in [-0.3, -0.25) is 4.98 Å². The van der Waals surface area contributed by atoms with E-state index in [0.29, 0.717) is 0 Å². The molecule has 0 fully saturated rings. The maximum Gasteiger partial charge on any atom is 0.0816 e. The van der Waals surface area contributed by atoms with Crippen molar-refractivity contribution in [1.29, 1.82) is 0 Å². The van der Waals surface area contributed by atoms with Crippen LogP contribution in [0.3, 0.4) is 0 Å². The average molecular weight is 540 g/mol. The molecule has 2 bridgehead atoms. The molecular formula is C38H37NO2. The molecule has 3 aromatic carbocycles. The minimum Gasteiger partial charge on any atom is -0.390 e. The number of aromatic nitrogens is 1. The lowest BCUT2D eigenvalue weighted by molar-refractivity contribution is 0.00994. The first-order valence-corrected chi connectivity index (χ1v) is 14.7. The van der Waals surface area contributed by atoms with Gasteiger partial charge in [0.2, 0.25) is 0 Å². The highest BCUT2D eigenvalue weighted by Gasteiger charge is 2.43. The van der Waals surface area contributed by atoms with E-state index in [-0.39, 0.29) is 29.8 Å². The number of allylic oxidation sites excluding steroid dienone is 3. The molecule has 4 unspecified atom stereocenters. The van der Waals surface area contributed by atoms with Crippen LogP contribution in [0.25, 0.3) is 39.1 Å². The molecule has 0 amide bonds. The fourth-order valence-electron chi connectivity index (χ4n) is 8.07. The van der Waals surface area contributed by atoms with Crippen LogP contribution < -0.4 is 10.4 Å². The summed E-state index contributed by atoms with van der Waals surface area (Å²) >= 11 is 0. The molecule has 206 valence electrons. The number of aliphatic hydroxyl groups excluding tert-OH is 1. The number of aliphatic hydroxyl groups is 1. The van der Waals surface area contributed by atoms with Crippen LogP contribution >= 0.6 is 0 Å². The predicted molar refractivity (Wildman–Crippen MR) is 169 cm³/mol. The highest BCUT2D eigenvalue weighted by Crippen LogP contribution is 2.55. The zero-order valence-electron chi connectivity index (χ0n) is 24.3. The van der Waals surface area contributed by atoms with Crippen molar-refractivity contribution < 1.29 is 9.84 Å². The monoisotopic (exact) mass is 539 g/mol. The Kier molecular flexibility index (Phi) is 6.15. The lowest BCUT2D eigenvalue weighted by atomic mass is 9.62. The summed E-state index contributed by atoms with van der Waals surface area (Å²) in [6.07, 6.45) is 8.80. The lowest BCUT2D eigenvalue weighted by Gasteiger charge is -2.42. The summed E-state index contributed by atoms with van der Waals surface area (Å²) in [5.41, 5.74) is 10.2. The summed E-state index contributed by atoms with van der Waals surface area (Å²) in [6.45, 7) is 11.6. The molecule has 1 N–H and O–H groups in total. The summed E-state index contributed by atoms with van der Waals surface area (Å²) in [6, 6.07) is 21.9. The zero-order chi connectivity index (χ0) is 28.5. The molecule has 1 heterocycles. The third-order valence-electron chi connectivity index (χ3n) is 10.1. The second-order valence-electron chi connectivity index (χ2n) is 12.5. The van der Waals surface area contributed by atoms with Crippen LogP contribution in [0.2, 0.25) is 0 Å². The zero-order valence-corrected chi connectivity index (χ0v) is 24.3. The second kappa shape index (κ2) is 9.65. The van der Waals surface area contributed by atoms with Gasteiger partial charge in [-0.25, -0.2) is 0 Å². The predicted octanol–water partition coefficient (Wildman–Crippen LogP) is 6.52. The van der Waals surface area contributed by atoms with E-state index in [0.717, 1.165) is 6.42 Å². The molecule has 0 radical (unpaired) electrons. The van der Waals surface area contributed by atoms with Crippen LogP contribution in [0.1, 0.15) is 49.8 Å². The molecule has 3 nitrogen and oxygen atoms in total. The Hall–Kier alpha value is -3.79. The van der Waals surface area contributed by atoms with Crippen LogP contribution in [0.5, 0.6) is 0 Å². The molecular weight excluding hydrogens is 502 g/mol. The number of pyridine rings is 1. The van der Waals surface area contributed by atoms with Gasteiger partial charge in [0.1, 0.15) is 0 Å². The Morgan fingerprint density at radius 2 is 1.88 bits per heavy atom. The highest BCUT2D eigenvalue weighted by atomic mass is 16.5. The van der Waals surface area contributed by atoms with E-state index < -0.39 is 6.10 Å². The molecule has 3 heteroatoms. The number of fused-ring (bicyclic) bond motifs is 2. The summed E-state index contributed by atoms with van der Waals surface area (Å²) in [7, 11) is 1.67. The van der Waals surface area contributed by atoms with Crippen LogP contribution in [0.15, 0.2) is 91.3 Å². The van der Waals surface area contributed by atoms with Crippen molar-refractivity contribution in [3.63, 3.8) is 0 Å². The first-order chi connectivity index (χ1) is 19.9. The SMILES string of the molecule is C=CC1c2ccc3cncc4c3c2C2=C(C=c3c(-c5ccccc5)cccc3=C(C2)C(C)C1C(O)COC)C4(C)C. The molecule has 0 aliphatic heterocycles. The van der Waals surface area contributed by atoms with Crippen molar-refractivity contribution in [2.75, 3.05) is 13.7 Å². The van der Waals surface area contributed by atoms with E-state index in [1.807, 2.05) is 6.20 Å². The van der Waals surface area contributed by atoms with Gasteiger partial charge in [-0.2, -0.15) is 0 Å². The Bertz CT molecular complexity index is 1860. The molecule has 0 saturated carbocycles. The molecule has 4 atom stereocenters. The molecule has 0 saturated heterocycles. The Balaban J connectivity index is 1.69. The van der Waals surface area contributed by atoms with Crippen molar-refractivity contribution in [1.82, 2.24) is 4.98 Å². The number of hydrogen-bond donors (Lipinski definition) is 1. The number of rotatable bonds is 5. The maximum atomic E-state index is 11.7. The Morgan fingerprint density at radius 1 is 1.07 bits per heavy atom. The molecule has 3 aliphatic rings. The van der Waals surface area contributed by atoms with Crippen LogP contribution in [-0.4, -0.2) is 29.9 Å². The molecule has 1 aromatic heterocycles. The van der Waals surface area contributed by atoms with Crippen molar-refractivity contribution in [3.8, 4) is 11.1 Å². The number of nitrogens with zero attached hydrogens (tertiary/aromatic N) is 1.